The third-order valence-electron chi connectivity index (χ3n) is 4.53. The van der Waals surface area contributed by atoms with Gasteiger partial charge < -0.3 is 10.1 Å². The van der Waals surface area contributed by atoms with Crippen molar-refractivity contribution in [3.63, 3.8) is 0 Å². The Bertz CT molecular complexity index is 447. The predicted octanol–water partition coefficient (Wildman–Crippen LogP) is 2.39. The molecule has 0 bridgehead atoms. The van der Waals surface area contributed by atoms with Crippen molar-refractivity contribution in [3.8, 4) is 0 Å². The molecule has 0 saturated carbocycles. The average molecular weight is 289 g/mol. The SMILES string of the molecule is CC1=NCC(OC2=CC(CC3CCNCC3)=CCC2)NC1. The second kappa shape index (κ2) is 7.23. The van der Waals surface area contributed by atoms with Gasteiger partial charge in [0.15, 0.2) is 6.23 Å². The molecule has 0 aromatic rings. The van der Waals surface area contributed by atoms with E-state index in [0.29, 0.717) is 0 Å². The van der Waals surface area contributed by atoms with E-state index < -0.39 is 0 Å². The predicted molar refractivity (Wildman–Crippen MR) is 86.5 cm³/mol. The van der Waals surface area contributed by atoms with Gasteiger partial charge in [0.05, 0.1) is 12.3 Å². The number of hydrogen-bond acceptors (Lipinski definition) is 4. The lowest BCUT2D eigenvalue weighted by Crippen LogP contribution is -2.41. The Labute approximate surface area is 127 Å². The fourth-order valence-corrected chi connectivity index (χ4v) is 3.27. The molecule has 2 heterocycles. The van der Waals surface area contributed by atoms with E-state index in [0.717, 1.165) is 37.6 Å². The Hall–Kier alpha value is -1.13. The Kier molecular flexibility index (Phi) is 5.09. The molecule has 1 unspecified atom stereocenters. The standard InChI is InChI=1S/C17H27N3O/c1-13-11-20-17(12-19-13)21-16-4-2-3-15(10-16)9-14-5-7-18-8-6-14/h3,10,14,17-18,20H,2,4-9,11-12H2,1H3. The molecule has 21 heavy (non-hydrogen) atoms. The van der Waals surface area contributed by atoms with Gasteiger partial charge in [-0.05, 0) is 63.3 Å². The summed E-state index contributed by atoms with van der Waals surface area (Å²) in [6.45, 7) is 5.98. The molecule has 1 atom stereocenters. The molecule has 1 saturated heterocycles. The van der Waals surface area contributed by atoms with Gasteiger partial charge in [-0.1, -0.05) is 6.08 Å². The maximum Gasteiger partial charge on any atom is 0.169 e. The molecule has 4 heteroatoms. The monoisotopic (exact) mass is 289 g/mol. The minimum absolute atomic E-state index is 0.0539. The lowest BCUT2D eigenvalue weighted by Gasteiger charge is -2.27. The molecular weight excluding hydrogens is 262 g/mol. The quantitative estimate of drug-likeness (QED) is 0.835. The fraction of sp³-hybridized carbons (Fsp3) is 0.706. The van der Waals surface area contributed by atoms with Gasteiger partial charge in [-0.25, -0.2) is 0 Å². The highest BCUT2D eigenvalue weighted by atomic mass is 16.5. The lowest BCUT2D eigenvalue weighted by atomic mass is 9.89. The zero-order valence-corrected chi connectivity index (χ0v) is 13.0. The van der Waals surface area contributed by atoms with Crippen LogP contribution in [0.3, 0.4) is 0 Å². The molecule has 0 spiro atoms. The summed E-state index contributed by atoms with van der Waals surface area (Å²) in [5.74, 6) is 1.97. The van der Waals surface area contributed by atoms with Gasteiger partial charge in [0.1, 0.15) is 0 Å². The van der Waals surface area contributed by atoms with Crippen LogP contribution < -0.4 is 10.6 Å². The van der Waals surface area contributed by atoms with Crippen molar-refractivity contribution in [2.45, 2.75) is 45.3 Å². The zero-order valence-electron chi connectivity index (χ0n) is 13.0. The molecule has 0 aromatic heterocycles. The minimum Gasteiger partial charge on any atom is -0.478 e. The molecule has 1 aliphatic carbocycles. The molecule has 2 N–H and O–H groups in total. The maximum atomic E-state index is 6.09. The highest BCUT2D eigenvalue weighted by Gasteiger charge is 2.19. The van der Waals surface area contributed by atoms with E-state index in [9.17, 15) is 0 Å². The van der Waals surface area contributed by atoms with Crippen LogP contribution in [0.15, 0.2) is 28.5 Å². The molecule has 3 aliphatic rings. The largest absolute Gasteiger partial charge is 0.478 e. The van der Waals surface area contributed by atoms with E-state index in [1.807, 2.05) is 0 Å². The van der Waals surface area contributed by atoms with E-state index in [1.54, 1.807) is 0 Å². The van der Waals surface area contributed by atoms with Gasteiger partial charge >= 0.3 is 0 Å². The average Bonchev–Trinajstić information content (AvgIpc) is 2.51. The first-order valence-electron chi connectivity index (χ1n) is 8.30. The summed E-state index contributed by atoms with van der Waals surface area (Å²) in [4.78, 5) is 4.47. The minimum atomic E-state index is 0.0539. The lowest BCUT2D eigenvalue weighted by molar-refractivity contribution is 0.0879. The molecule has 0 aromatic carbocycles. The second-order valence-electron chi connectivity index (χ2n) is 6.39. The summed E-state index contributed by atoms with van der Waals surface area (Å²) in [6, 6.07) is 0. The summed E-state index contributed by atoms with van der Waals surface area (Å²) in [6.07, 6.45) is 10.7. The van der Waals surface area contributed by atoms with E-state index in [2.05, 4.69) is 34.7 Å². The molecule has 1 fully saturated rings. The van der Waals surface area contributed by atoms with Crippen LogP contribution in [-0.2, 0) is 4.74 Å². The normalized spacial score (nSPS) is 27.7. The highest BCUT2D eigenvalue weighted by Crippen LogP contribution is 2.27. The number of hydrogen-bond donors (Lipinski definition) is 2. The Balaban J connectivity index is 1.52. The van der Waals surface area contributed by atoms with Crippen molar-refractivity contribution in [1.82, 2.24) is 10.6 Å². The Morgan fingerprint density at radius 2 is 2.19 bits per heavy atom. The van der Waals surface area contributed by atoms with E-state index >= 15 is 0 Å². The van der Waals surface area contributed by atoms with Crippen LogP contribution in [0.2, 0.25) is 0 Å². The molecule has 2 aliphatic heterocycles. The summed E-state index contributed by atoms with van der Waals surface area (Å²) in [5.41, 5.74) is 2.64. The van der Waals surface area contributed by atoms with Crippen LogP contribution in [-0.4, -0.2) is 38.1 Å². The van der Waals surface area contributed by atoms with Crippen LogP contribution in [0.4, 0.5) is 0 Å². The van der Waals surface area contributed by atoms with Crippen LogP contribution in [0.5, 0.6) is 0 Å². The van der Waals surface area contributed by atoms with Gasteiger partial charge in [-0.15, -0.1) is 0 Å². The summed E-state index contributed by atoms with van der Waals surface area (Å²) in [5, 5.41) is 6.83. The molecular formula is C17H27N3O. The van der Waals surface area contributed by atoms with Crippen molar-refractivity contribution in [1.29, 1.82) is 0 Å². The summed E-state index contributed by atoms with van der Waals surface area (Å²) >= 11 is 0. The van der Waals surface area contributed by atoms with Crippen LogP contribution in [0, 0.1) is 5.92 Å². The fourth-order valence-electron chi connectivity index (χ4n) is 3.27. The van der Waals surface area contributed by atoms with Gasteiger partial charge in [-0.2, -0.15) is 0 Å². The van der Waals surface area contributed by atoms with Gasteiger partial charge in [0, 0.05) is 18.7 Å². The molecule has 4 nitrogen and oxygen atoms in total. The number of allylic oxidation sites excluding steroid dienone is 4. The third kappa shape index (κ3) is 4.42. The molecule has 0 amide bonds. The maximum absolute atomic E-state index is 6.09. The molecule has 0 radical (unpaired) electrons. The van der Waals surface area contributed by atoms with Crippen molar-refractivity contribution >= 4 is 5.71 Å². The number of aliphatic imine (C=N–C) groups is 1. The number of piperidine rings is 1. The second-order valence-corrected chi connectivity index (χ2v) is 6.39. The summed E-state index contributed by atoms with van der Waals surface area (Å²) < 4.78 is 6.09. The van der Waals surface area contributed by atoms with Crippen molar-refractivity contribution < 1.29 is 4.74 Å². The number of nitrogens with one attached hydrogen (secondary N) is 2. The smallest absolute Gasteiger partial charge is 0.169 e. The zero-order chi connectivity index (χ0) is 14.5. The molecule has 116 valence electrons. The third-order valence-corrected chi connectivity index (χ3v) is 4.53. The van der Waals surface area contributed by atoms with Crippen LogP contribution >= 0.6 is 0 Å². The summed E-state index contributed by atoms with van der Waals surface area (Å²) in [7, 11) is 0. The van der Waals surface area contributed by atoms with E-state index in [4.69, 9.17) is 4.74 Å². The first-order chi connectivity index (χ1) is 10.3. The Morgan fingerprint density at radius 1 is 1.33 bits per heavy atom. The van der Waals surface area contributed by atoms with E-state index in [1.165, 1.54) is 43.6 Å². The number of rotatable bonds is 4. The Morgan fingerprint density at radius 3 is 2.95 bits per heavy atom. The van der Waals surface area contributed by atoms with Gasteiger partial charge in [-0.3, -0.25) is 10.3 Å². The van der Waals surface area contributed by atoms with Gasteiger partial charge in [0.2, 0.25) is 0 Å². The highest BCUT2D eigenvalue weighted by molar-refractivity contribution is 5.84. The van der Waals surface area contributed by atoms with Gasteiger partial charge in [0.25, 0.3) is 0 Å². The molecule has 3 rings (SSSR count). The number of ether oxygens (including phenoxy) is 1. The van der Waals surface area contributed by atoms with E-state index in [-0.39, 0.29) is 6.23 Å². The van der Waals surface area contributed by atoms with Crippen LogP contribution in [0.1, 0.15) is 39.0 Å². The topological polar surface area (TPSA) is 45.6 Å². The number of nitrogens with zero attached hydrogens (tertiary/aromatic N) is 1. The van der Waals surface area contributed by atoms with Crippen molar-refractivity contribution in [2.75, 3.05) is 26.2 Å². The van der Waals surface area contributed by atoms with Crippen LogP contribution in [0.25, 0.3) is 0 Å². The van der Waals surface area contributed by atoms with Crippen molar-refractivity contribution in [3.05, 3.63) is 23.5 Å². The first-order valence-corrected chi connectivity index (χ1v) is 8.30. The first kappa shape index (κ1) is 14.8. The van der Waals surface area contributed by atoms with Crippen molar-refractivity contribution in [2.24, 2.45) is 10.9 Å².